The standard InChI is InChI=1S/C6H13Cl2NSi/c7-10(8)9-6-4-2-1-3-5-6/h6,9-10H,1-5H2. The average molecular weight is 198 g/mol. The lowest BCUT2D eigenvalue weighted by atomic mass is 9.96. The molecule has 1 aliphatic carbocycles. The van der Waals surface area contributed by atoms with Crippen LogP contribution in [0.5, 0.6) is 0 Å². The van der Waals surface area contributed by atoms with E-state index in [0.717, 1.165) is 0 Å². The van der Waals surface area contributed by atoms with E-state index in [1.807, 2.05) is 0 Å². The lowest BCUT2D eigenvalue weighted by Crippen LogP contribution is -2.36. The second-order valence-electron chi connectivity index (χ2n) is 2.80. The number of nitrogens with one attached hydrogen (secondary N) is 1. The van der Waals surface area contributed by atoms with Crippen LogP contribution in [-0.2, 0) is 0 Å². The first-order chi connectivity index (χ1) is 4.79. The van der Waals surface area contributed by atoms with E-state index in [9.17, 15) is 0 Å². The third kappa shape index (κ3) is 3.24. The molecule has 0 radical (unpaired) electrons. The smallest absolute Gasteiger partial charge is 0.307 e. The molecule has 0 atom stereocenters. The van der Waals surface area contributed by atoms with Gasteiger partial charge in [-0.2, -0.15) is 0 Å². The van der Waals surface area contributed by atoms with Gasteiger partial charge in [-0.25, -0.2) is 0 Å². The van der Waals surface area contributed by atoms with Crippen LogP contribution in [0.2, 0.25) is 0 Å². The van der Waals surface area contributed by atoms with Gasteiger partial charge in [0.05, 0.1) is 0 Å². The highest BCUT2D eigenvalue weighted by Crippen LogP contribution is 2.17. The van der Waals surface area contributed by atoms with Crippen molar-refractivity contribution in [2.45, 2.75) is 38.1 Å². The summed E-state index contributed by atoms with van der Waals surface area (Å²) in [6.45, 7) is 0. The van der Waals surface area contributed by atoms with Gasteiger partial charge >= 0.3 is 7.58 Å². The Labute approximate surface area is 73.2 Å². The molecule has 0 saturated heterocycles. The number of hydrogen-bond acceptors (Lipinski definition) is 1. The third-order valence-electron chi connectivity index (χ3n) is 1.97. The van der Waals surface area contributed by atoms with E-state index >= 15 is 0 Å². The van der Waals surface area contributed by atoms with E-state index < -0.39 is 7.58 Å². The van der Waals surface area contributed by atoms with Crippen molar-refractivity contribution in [3.8, 4) is 0 Å². The van der Waals surface area contributed by atoms with Crippen LogP contribution in [-0.4, -0.2) is 13.6 Å². The minimum absolute atomic E-state index is 0.625. The van der Waals surface area contributed by atoms with Crippen molar-refractivity contribution >= 4 is 29.7 Å². The van der Waals surface area contributed by atoms with Gasteiger partial charge in [0.1, 0.15) is 0 Å². The highest BCUT2D eigenvalue weighted by atomic mass is 35.7. The quantitative estimate of drug-likeness (QED) is 0.529. The highest BCUT2D eigenvalue weighted by molar-refractivity contribution is 7.32. The molecule has 1 saturated carbocycles. The van der Waals surface area contributed by atoms with Crippen LogP contribution in [0.4, 0.5) is 0 Å². The Bertz CT molecular complexity index is 93.7. The van der Waals surface area contributed by atoms with Crippen molar-refractivity contribution in [3.05, 3.63) is 0 Å². The predicted octanol–water partition coefficient (Wildman–Crippen LogP) is 2.10. The molecule has 60 valence electrons. The summed E-state index contributed by atoms with van der Waals surface area (Å²) in [7, 11) is -1.55. The minimum Gasteiger partial charge on any atom is -0.313 e. The van der Waals surface area contributed by atoms with Gasteiger partial charge in [-0.1, -0.05) is 19.3 Å². The molecule has 0 aliphatic heterocycles. The van der Waals surface area contributed by atoms with Gasteiger partial charge in [0.15, 0.2) is 0 Å². The third-order valence-corrected chi connectivity index (χ3v) is 3.45. The minimum atomic E-state index is -1.55. The monoisotopic (exact) mass is 197 g/mol. The average Bonchev–Trinajstić information content (AvgIpc) is 1.88. The lowest BCUT2D eigenvalue weighted by Gasteiger charge is -2.22. The van der Waals surface area contributed by atoms with Crippen molar-refractivity contribution in [3.63, 3.8) is 0 Å². The molecule has 1 fully saturated rings. The van der Waals surface area contributed by atoms with Gasteiger partial charge in [-0.05, 0) is 12.8 Å². The molecule has 0 spiro atoms. The van der Waals surface area contributed by atoms with Gasteiger partial charge in [-0.3, -0.25) is 0 Å². The maximum Gasteiger partial charge on any atom is 0.307 e. The van der Waals surface area contributed by atoms with Crippen LogP contribution >= 0.6 is 22.2 Å². The first-order valence-corrected chi connectivity index (χ1v) is 7.90. The molecule has 0 aromatic rings. The topological polar surface area (TPSA) is 12.0 Å². The fraction of sp³-hybridized carbons (Fsp3) is 1.00. The fourth-order valence-corrected chi connectivity index (χ4v) is 3.21. The van der Waals surface area contributed by atoms with E-state index in [0.29, 0.717) is 6.04 Å². The summed E-state index contributed by atoms with van der Waals surface area (Å²) < 4.78 is 0. The van der Waals surface area contributed by atoms with Gasteiger partial charge in [-0.15, -0.1) is 22.2 Å². The summed E-state index contributed by atoms with van der Waals surface area (Å²) in [5, 5.41) is 0. The maximum absolute atomic E-state index is 5.70. The Kier molecular flexibility index (Phi) is 4.07. The summed E-state index contributed by atoms with van der Waals surface area (Å²) >= 11 is 11.4. The van der Waals surface area contributed by atoms with Crippen molar-refractivity contribution in [2.24, 2.45) is 0 Å². The second kappa shape index (κ2) is 4.60. The van der Waals surface area contributed by atoms with E-state index in [-0.39, 0.29) is 0 Å². The predicted molar refractivity (Wildman–Crippen MR) is 48.9 cm³/mol. The molecule has 1 aliphatic rings. The molecular weight excluding hydrogens is 185 g/mol. The number of rotatable bonds is 2. The van der Waals surface area contributed by atoms with Crippen molar-refractivity contribution in [1.29, 1.82) is 0 Å². The SMILES string of the molecule is Cl[SiH](Cl)NC1CCCCC1. The van der Waals surface area contributed by atoms with Crippen LogP contribution in [0.25, 0.3) is 0 Å². The largest absolute Gasteiger partial charge is 0.313 e. The first kappa shape index (κ1) is 8.85. The molecule has 1 rings (SSSR count). The van der Waals surface area contributed by atoms with Crippen LogP contribution in [0.1, 0.15) is 32.1 Å². The molecule has 10 heavy (non-hydrogen) atoms. The summed E-state index contributed by atoms with van der Waals surface area (Å²) in [4.78, 5) is 3.25. The van der Waals surface area contributed by atoms with E-state index in [1.54, 1.807) is 0 Å². The molecule has 0 aromatic heterocycles. The van der Waals surface area contributed by atoms with Crippen LogP contribution < -0.4 is 4.98 Å². The molecule has 0 heterocycles. The number of hydrogen-bond donors (Lipinski definition) is 1. The highest BCUT2D eigenvalue weighted by Gasteiger charge is 2.15. The van der Waals surface area contributed by atoms with Gasteiger partial charge < -0.3 is 4.98 Å². The van der Waals surface area contributed by atoms with Gasteiger partial charge in [0.2, 0.25) is 0 Å². The number of halogens is 2. The Balaban J connectivity index is 2.13. The summed E-state index contributed by atoms with van der Waals surface area (Å²) in [5.74, 6) is 0. The van der Waals surface area contributed by atoms with Gasteiger partial charge in [0, 0.05) is 6.04 Å². The zero-order valence-electron chi connectivity index (χ0n) is 5.95. The van der Waals surface area contributed by atoms with Crippen LogP contribution in [0.3, 0.4) is 0 Å². The molecule has 0 bridgehead atoms. The van der Waals surface area contributed by atoms with E-state index in [2.05, 4.69) is 4.98 Å². The fourth-order valence-electron chi connectivity index (χ4n) is 1.45. The maximum atomic E-state index is 5.70. The van der Waals surface area contributed by atoms with Crippen LogP contribution in [0, 0.1) is 0 Å². The molecule has 0 amide bonds. The summed E-state index contributed by atoms with van der Waals surface area (Å²) in [6.07, 6.45) is 6.60. The van der Waals surface area contributed by atoms with Crippen molar-refractivity contribution in [2.75, 3.05) is 0 Å². The molecule has 0 aromatic carbocycles. The first-order valence-electron chi connectivity index (χ1n) is 3.83. The summed E-state index contributed by atoms with van der Waals surface area (Å²) in [5.41, 5.74) is 0. The molecule has 4 heteroatoms. The normalized spacial score (nSPS) is 21.9. The molecule has 0 unspecified atom stereocenters. The Hall–Kier alpha value is 0.757. The lowest BCUT2D eigenvalue weighted by molar-refractivity contribution is 0.419. The Morgan fingerprint density at radius 3 is 2.20 bits per heavy atom. The zero-order valence-corrected chi connectivity index (χ0v) is 8.61. The van der Waals surface area contributed by atoms with Gasteiger partial charge in [0.25, 0.3) is 0 Å². The van der Waals surface area contributed by atoms with Crippen molar-refractivity contribution in [1.82, 2.24) is 4.98 Å². The molecule has 1 N–H and O–H groups in total. The zero-order chi connectivity index (χ0) is 7.40. The van der Waals surface area contributed by atoms with Crippen LogP contribution in [0.15, 0.2) is 0 Å². The van der Waals surface area contributed by atoms with E-state index in [4.69, 9.17) is 22.2 Å². The molecule has 1 nitrogen and oxygen atoms in total. The Morgan fingerprint density at radius 2 is 1.70 bits per heavy atom. The van der Waals surface area contributed by atoms with E-state index in [1.165, 1.54) is 32.1 Å². The molecular formula is C6H13Cl2NSi. The van der Waals surface area contributed by atoms with Crippen molar-refractivity contribution < 1.29 is 0 Å². The Morgan fingerprint density at radius 1 is 1.10 bits per heavy atom. The second-order valence-corrected chi connectivity index (χ2v) is 7.03. The summed E-state index contributed by atoms with van der Waals surface area (Å²) in [6, 6.07) is 0.625.